The van der Waals surface area contributed by atoms with E-state index < -0.39 is 36.2 Å². The van der Waals surface area contributed by atoms with Gasteiger partial charge >= 0.3 is 18.4 Å². The van der Waals surface area contributed by atoms with Crippen LogP contribution in [0.1, 0.15) is 43.3 Å². The first-order valence-electron chi connectivity index (χ1n) is 10.2. The summed E-state index contributed by atoms with van der Waals surface area (Å²) in [6, 6.07) is 3.17. The number of urea groups is 1. The van der Waals surface area contributed by atoms with Crippen LogP contribution >= 0.6 is 0 Å². The topological polar surface area (TPSA) is 96.5 Å². The van der Waals surface area contributed by atoms with Crippen LogP contribution in [-0.4, -0.2) is 52.9 Å². The summed E-state index contributed by atoms with van der Waals surface area (Å²) in [7, 11) is 1.23. The maximum absolute atomic E-state index is 13.3. The number of hydrogen-bond donors (Lipinski definition) is 2. The van der Waals surface area contributed by atoms with Crippen LogP contribution in [0.25, 0.3) is 0 Å². The van der Waals surface area contributed by atoms with E-state index in [1.54, 1.807) is 13.0 Å². The predicted molar refractivity (Wildman–Crippen MR) is 108 cm³/mol. The number of fused-ring (bicyclic) bond motifs is 1. The van der Waals surface area contributed by atoms with Crippen molar-refractivity contribution in [1.82, 2.24) is 20.2 Å². The van der Waals surface area contributed by atoms with E-state index in [2.05, 4.69) is 20.0 Å². The molecule has 2 heterocycles. The van der Waals surface area contributed by atoms with Gasteiger partial charge < -0.3 is 24.7 Å². The van der Waals surface area contributed by atoms with E-state index in [1.807, 2.05) is 6.92 Å². The lowest BCUT2D eigenvalue weighted by molar-refractivity contribution is -0.275. The number of carbonyl (C=O) groups is 2. The smallest absolute Gasteiger partial charge is 0.467 e. The molecule has 174 valence electrons. The number of alkyl halides is 3. The maximum atomic E-state index is 13.3. The Morgan fingerprint density at radius 1 is 1.34 bits per heavy atom. The number of imidazole rings is 1. The van der Waals surface area contributed by atoms with Gasteiger partial charge in [0.2, 0.25) is 0 Å². The zero-order chi connectivity index (χ0) is 23.5. The molecule has 1 aromatic heterocycles. The molecular formula is C21H25F3N4O4. The third-order valence-electron chi connectivity index (χ3n) is 5.57. The molecule has 8 nitrogen and oxygen atoms in total. The zero-order valence-corrected chi connectivity index (χ0v) is 17.9. The number of aromatic nitrogens is 2. The third-order valence-corrected chi connectivity index (χ3v) is 5.57. The molecule has 0 fully saturated rings. The molecule has 2 N–H and O–H groups in total. The number of halogens is 3. The molecule has 1 aromatic carbocycles. The maximum Gasteiger partial charge on any atom is 0.573 e. The molecule has 2 amide bonds. The van der Waals surface area contributed by atoms with Gasteiger partial charge in [-0.1, -0.05) is 38.5 Å². The summed E-state index contributed by atoms with van der Waals surface area (Å²) in [6.07, 6.45) is -2.44. The lowest BCUT2D eigenvalue weighted by atomic mass is 9.95. The number of hydrogen-bond acceptors (Lipinski definition) is 5. The highest BCUT2D eigenvalue weighted by molar-refractivity contribution is 5.84. The Kier molecular flexibility index (Phi) is 6.95. The summed E-state index contributed by atoms with van der Waals surface area (Å²) in [5.41, 5.74) is 1.27. The van der Waals surface area contributed by atoms with Gasteiger partial charge in [0.05, 0.1) is 19.1 Å². The van der Waals surface area contributed by atoms with Gasteiger partial charge in [-0.25, -0.2) is 14.6 Å². The molecule has 0 unspecified atom stereocenters. The minimum atomic E-state index is -4.90. The molecule has 11 heteroatoms. The van der Waals surface area contributed by atoms with Crippen molar-refractivity contribution in [3.8, 4) is 5.75 Å². The molecule has 2 aromatic rings. The number of esters is 1. The largest absolute Gasteiger partial charge is 0.573 e. The number of ether oxygens (including phenoxy) is 2. The first-order chi connectivity index (χ1) is 15.2. The second kappa shape index (κ2) is 9.49. The normalized spacial score (nSPS) is 17.8. The van der Waals surface area contributed by atoms with Crippen molar-refractivity contribution in [1.29, 1.82) is 0 Å². The van der Waals surface area contributed by atoms with Crippen molar-refractivity contribution in [2.75, 3.05) is 13.7 Å². The summed E-state index contributed by atoms with van der Waals surface area (Å²) >= 11 is 0. The average Bonchev–Trinajstić information content (AvgIpc) is 3.24. The van der Waals surface area contributed by atoms with Crippen LogP contribution in [-0.2, 0) is 16.0 Å². The first-order valence-corrected chi connectivity index (χ1v) is 10.2. The molecule has 0 saturated carbocycles. The van der Waals surface area contributed by atoms with Crippen molar-refractivity contribution in [3.05, 3.63) is 47.5 Å². The zero-order valence-electron chi connectivity index (χ0n) is 17.9. The van der Waals surface area contributed by atoms with Gasteiger partial charge in [0.1, 0.15) is 17.8 Å². The molecule has 3 rings (SSSR count). The molecule has 32 heavy (non-hydrogen) atoms. The standard InChI is InChI=1S/C21H25F3N4O4/c1-4-12(2)16(19(29)31-3)27-20(30)28-10-9-14-17(26-11-25-14)18(28)13-7-5-6-8-15(13)32-21(22,23)24/h5-8,11-12,16,18H,4,9-10H2,1-3H3,(H,25,26)(H,27,30)/t12-,16-,18+/m1/s1. The van der Waals surface area contributed by atoms with Crippen LogP contribution in [0.2, 0.25) is 0 Å². The van der Waals surface area contributed by atoms with Gasteiger partial charge in [-0.3, -0.25) is 0 Å². The number of nitrogens with zero attached hydrogens (tertiary/aromatic N) is 2. The molecule has 0 spiro atoms. The molecule has 0 saturated heterocycles. The van der Waals surface area contributed by atoms with Gasteiger partial charge in [0.25, 0.3) is 0 Å². The quantitative estimate of drug-likeness (QED) is 0.651. The average molecular weight is 454 g/mol. The van der Waals surface area contributed by atoms with Crippen molar-refractivity contribution < 1.29 is 32.2 Å². The molecular weight excluding hydrogens is 429 g/mol. The molecule has 1 aliphatic rings. The number of carbonyl (C=O) groups excluding carboxylic acids is 2. The number of amides is 2. The predicted octanol–water partition coefficient (Wildman–Crippen LogP) is 3.55. The number of benzene rings is 1. The van der Waals surface area contributed by atoms with Crippen LogP contribution < -0.4 is 10.1 Å². The van der Waals surface area contributed by atoms with Crippen molar-refractivity contribution in [3.63, 3.8) is 0 Å². The third kappa shape index (κ3) is 4.97. The van der Waals surface area contributed by atoms with E-state index >= 15 is 0 Å². The highest BCUT2D eigenvalue weighted by Crippen LogP contribution is 2.39. The molecule has 1 aliphatic heterocycles. The summed E-state index contributed by atoms with van der Waals surface area (Å²) < 4.78 is 48.1. The Morgan fingerprint density at radius 2 is 2.06 bits per heavy atom. The Morgan fingerprint density at radius 3 is 2.72 bits per heavy atom. The van der Waals surface area contributed by atoms with Gasteiger partial charge in [0.15, 0.2) is 0 Å². The first kappa shape index (κ1) is 23.4. The molecule has 0 radical (unpaired) electrons. The van der Waals surface area contributed by atoms with Gasteiger partial charge in [-0.2, -0.15) is 0 Å². The monoisotopic (exact) mass is 454 g/mol. The van der Waals surface area contributed by atoms with Crippen molar-refractivity contribution in [2.24, 2.45) is 5.92 Å². The van der Waals surface area contributed by atoms with Crippen LogP contribution in [0.15, 0.2) is 30.6 Å². The minimum absolute atomic E-state index is 0.131. The second-order valence-corrected chi connectivity index (χ2v) is 7.53. The Hall–Kier alpha value is -3.24. The number of methoxy groups -OCH3 is 1. The number of nitrogens with one attached hydrogen (secondary N) is 2. The highest BCUT2D eigenvalue weighted by atomic mass is 19.4. The van der Waals surface area contributed by atoms with Crippen molar-refractivity contribution in [2.45, 2.75) is 45.1 Å². The minimum Gasteiger partial charge on any atom is -0.467 e. The van der Waals surface area contributed by atoms with Gasteiger partial charge in [-0.05, 0) is 12.0 Å². The van der Waals surface area contributed by atoms with E-state index in [9.17, 15) is 22.8 Å². The Labute approximate surface area is 183 Å². The van der Waals surface area contributed by atoms with Crippen molar-refractivity contribution >= 4 is 12.0 Å². The van der Waals surface area contributed by atoms with Crippen LogP contribution in [0, 0.1) is 5.92 Å². The van der Waals surface area contributed by atoms with Gasteiger partial charge in [-0.15, -0.1) is 13.2 Å². The molecule has 0 aliphatic carbocycles. The van der Waals surface area contributed by atoms with Gasteiger partial charge in [0, 0.05) is 24.2 Å². The summed E-state index contributed by atoms with van der Waals surface area (Å²) in [5, 5.41) is 2.69. The number of H-pyrrole nitrogens is 1. The highest BCUT2D eigenvalue weighted by Gasteiger charge is 2.40. The Bertz CT molecular complexity index is 963. The van der Waals surface area contributed by atoms with E-state index in [1.165, 1.54) is 36.5 Å². The number of aromatic amines is 1. The lowest BCUT2D eigenvalue weighted by Gasteiger charge is -2.37. The SMILES string of the molecule is CC[C@@H](C)[C@@H](NC(=O)N1CCc2[nH]cnc2[C@@H]1c1ccccc1OC(F)(F)F)C(=O)OC. The summed E-state index contributed by atoms with van der Waals surface area (Å²) in [4.78, 5) is 34.1. The second-order valence-electron chi connectivity index (χ2n) is 7.53. The summed E-state index contributed by atoms with van der Waals surface area (Å²) in [5.74, 6) is -1.23. The fourth-order valence-corrected chi connectivity index (χ4v) is 3.75. The number of rotatable bonds is 6. The van der Waals surface area contributed by atoms with E-state index in [-0.39, 0.29) is 18.0 Å². The fourth-order valence-electron chi connectivity index (χ4n) is 3.75. The molecule has 0 bridgehead atoms. The van der Waals surface area contributed by atoms with E-state index in [4.69, 9.17) is 4.74 Å². The van der Waals surface area contributed by atoms with Crippen LogP contribution in [0.3, 0.4) is 0 Å². The van der Waals surface area contributed by atoms with Crippen LogP contribution in [0.5, 0.6) is 5.75 Å². The Balaban J connectivity index is 2.00. The fraction of sp³-hybridized carbons (Fsp3) is 0.476. The molecule has 3 atom stereocenters. The van der Waals surface area contributed by atoms with E-state index in [0.29, 0.717) is 24.2 Å². The summed E-state index contributed by atoms with van der Waals surface area (Å²) in [6.45, 7) is 3.87. The van der Waals surface area contributed by atoms with E-state index in [0.717, 1.165) is 0 Å². The number of para-hydroxylation sites is 1. The van der Waals surface area contributed by atoms with Crippen LogP contribution in [0.4, 0.5) is 18.0 Å². The lowest BCUT2D eigenvalue weighted by Crippen LogP contribution is -2.53.